The Morgan fingerprint density at radius 1 is 1.67 bits per heavy atom. The molecule has 0 bridgehead atoms. The number of ether oxygens (including phenoxy) is 1. The summed E-state index contributed by atoms with van der Waals surface area (Å²) < 4.78 is 5.04. The molecule has 3 nitrogen and oxygen atoms in total. The molecule has 12 heavy (non-hydrogen) atoms. The lowest BCUT2D eigenvalue weighted by atomic mass is 10.4. The molecule has 4 heteroatoms. The quantitative estimate of drug-likeness (QED) is 0.635. The Balaban J connectivity index is 2.10. The smallest absolute Gasteiger partial charge is 0.410 e. The number of unbranched alkanes of at least 4 members (excludes halogenated alkanes) is 1. The van der Waals surface area contributed by atoms with Crippen molar-refractivity contribution in [3.8, 4) is 0 Å². The lowest BCUT2D eigenvalue weighted by molar-refractivity contribution is 0.111. The molecule has 1 amide bonds. The van der Waals surface area contributed by atoms with Crippen molar-refractivity contribution in [3.63, 3.8) is 0 Å². The Bertz CT molecular complexity index is 146. The molecule has 1 aliphatic heterocycles. The summed E-state index contributed by atoms with van der Waals surface area (Å²) >= 11 is 1.77. The van der Waals surface area contributed by atoms with Crippen LogP contribution in [0.15, 0.2) is 0 Å². The molecule has 0 aromatic carbocycles. The van der Waals surface area contributed by atoms with Gasteiger partial charge in [-0.05, 0) is 6.42 Å². The molecule has 1 aliphatic rings. The summed E-state index contributed by atoms with van der Waals surface area (Å²) in [7, 11) is 0. The first kappa shape index (κ1) is 9.71. The molecule has 1 fully saturated rings. The van der Waals surface area contributed by atoms with Crippen molar-refractivity contribution in [2.45, 2.75) is 19.8 Å². The van der Waals surface area contributed by atoms with E-state index in [9.17, 15) is 4.79 Å². The third-order valence-electron chi connectivity index (χ3n) is 1.73. The highest BCUT2D eigenvalue weighted by Crippen LogP contribution is 2.13. The second kappa shape index (κ2) is 5.30. The summed E-state index contributed by atoms with van der Waals surface area (Å²) in [6, 6.07) is 0. The van der Waals surface area contributed by atoms with Crippen LogP contribution in [0.25, 0.3) is 0 Å². The fraction of sp³-hybridized carbons (Fsp3) is 0.875. The molecule has 1 heterocycles. The molecular weight excluding hydrogens is 174 g/mol. The van der Waals surface area contributed by atoms with Crippen LogP contribution in [-0.2, 0) is 4.74 Å². The molecule has 1 rings (SSSR count). The Kier molecular flexibility index (Phi) is 4.29. The summed E-state index contributed by atoms with van der Waals surface area (Å²) in [5.41, 5.74) is 0. The summed E-state index contributed by atoms with van der Waals surface area (Å²) in [5.74, 6) is 1.84. The zero-order valence-electron chi connectivity index (χ0n) is 7.41. The summed E-state index contributed by atoms with van der Waals surface area (Å²) in [4.78, 5) is 13.0. The lowest BCUT2D eigenvalue weighted by Crippen LogP contribution is -2.28. The average molecular weight is 189 g/mol. The van der Waals surface area contributed by atoms with Gasteiger partial charge < -0.3 is 4.74 Å². The van der Waals surface area contributed by atoms with E-state index in [1.54, 1.807) is 16.7 Å². The molecule has 1 saturated heterocycles. The van der Waals surface area contributed by atoms with Crippen molar-refractivity contribution in [1.82, 2.24) is 4.90 Å². The second-order valence-electron chi connectivity index (χ2n) is 2.77. The van der Waals surface area contributed by atoms with Crippen LogP contribution in [0.4, 0.5) is 4.79 Å². The molecule has 0 aromatic rings. The molecule has 0 spiro atoms. The third kappa shape index (κ3) is 2.93. The molecule has 0 N–H and O–H groups in total. The van der Waals surface area contributed by atoms with Crippen LogP contribution in [-0.4, -0.2) is 35.8 Å². The van der Waals surface area contributed by atoms with Crippen LogP contribution in [0.5, 0.6) is 0 Å². The van der Waals surface area contributed by atoms with E-state index in [0.29, 0.717) is 6.61 Å². The van der Waals surface area contributed by atoms with Crippen LogP contribution < -0.4 is 0 Å². The van der Waals surface area contributed by atoms with E-state index in [4.69, 9.17) is 4.74 Å². The van der Waals surface area contributed by atoms with Crippen LogP contribution in [0.3, 0.4) is 0 Å². The third-order valence-corrected chi connectivity index (χ3v) is 2.70. The number of hydrogen-bond donors (Lipinski definition) is 0. The van der Waals surface area contributed by atoms with Gasteiger partial charge in [0.05, 0.1) is 12.5 Å². The summed E-state index contributed by atoms with van der Waals surface area (Å²) in [6.45, 7) is 3.49. The topological polar surface area (TPSA) is 29.5 Å². The Morgan fingerprint density at radius 3 is 3.08 bits per heavy atom. The van der Waals surface area contributed by atoms with E-state index in [-0.39, 0.29) is 6.09 Å². The van der Waals surface area contributed by atoms with Crippen molar-refractivity contribution in [1.29, 1.82) is 0 Å². The monoisotopic (exact) mass is 189 g/mol. The fourth-order valence-corrected chi connectivity index (χ4v) is 1.89. The number of nitrogens with zero attached hydrogens (tertiary/aromatic N) is 1. The molecule has 70 valence electrons. The maximum absolute atomic E-state index is 11.2. The van der Waals surface area contributed by atoms with E-state index in [1.165, 1.54) is 0 Å². The minimum absolute atomic E-state index is 0.145. The van der Waals surface area contributed by atoms with Gasteiger partial charge in [0.25, 0.3) is 0 Å². The standard InChI is InChI=1S/C8H15NO2S/c1-2-3-5-11-8(10)9-4-6-12-7-9/h2-7H2,1H3. The van der Waals surface area contributed by atoms with Crippen molar-refractivity contribution in [2.24, 2.45) is 0 Å². The Morgan fingerprint density at radius 2 is 2.50 bits per heavy atom. The predicted molar refractivity (Wildman–Crippen MR) is 50.3 cm³/mol. The van der Waals surface area contributed by atoms with E-state index >= 15 is 0 Å². The summed E-state index contributed by atoms with van der Waals surface area (Å²) in [5, 5.41) is 0. The number of rotatable bonds is 3. The predicted octanol–water partition coefficient (Wildman–Crippen LogP) is 1.93. The minimum atomic E-state index is -0.145. The van der Waals surface area contributed by atoms with Gasteiger partial charge in [0, 0.05) is 12.3 Å². The van der Waals surface area contributed by atoms with E-state index in [0.717, 1.165) is 31.0 Å². The van der Waals surface area contributed by atoms with E-state index < -0.39 is 0 Å². The van der Waals surface area contributed by atoms with E-state index in [2.05, 4.69) is 6.92 Å². The molecule has 0 atom stereocenters. The highest BCUT2D eigenvalue weighted by molar-refractivity contribution is 7.99. The maximum atomic E-state index is 11.2. The van der Waals surface area contributed by atoms with Crippen molar-refractivity contribution in [3.05, 3.63) is 0 Å². The molecular formula is C8H15NO2S. The lowest BCUT2D eigenvalue weighted by Gasteiger charge is -2.13. The molecule has 0 aromatic heterocycles. The number of amides is 1. The highest BCUT2D eigenvalue weighted by atomic mass is 32.2. The van der Waals surface area contributed by atoms with Crippen LogP contribution >= 0.6 is 11.8 Å². The van der Waals surface area contributed by atoms with E-state index in [1.807, 2.05) is 0 Å². The zero-order chi connectivity index (χ0) is 8.81. The zero-order valence-corrected chi connectivity index (χ0v) is 8.23. The van der Waals surface area contributed by atoms with Gasteiger partial charge in [0.15, 0.2) is 0 Å². The van der Waals surface area contributed by atoms with Gasteiger partial charge in [-0.15, -0.1) is 11.8 Å². The van der Waals surface area contributed by atoms with Crippen molar-refractivity contribution in [2.75, 3.05) is 24.8 Å². The maximum Gasteiger partial charge on any atom is 0.410 e. The Hall–Kier alpha value is -0.380. The van der Waals surface area contributed by atoms with Crippen molar-refractivity contribution >= 4 is 17.9 Å². The van der Waals surface area contributed by atoms with Gasteiger partial charge in [-0.2, -0.15) is 0 Å². The summed E-state index contributed by atoms with van der Waals surface area (Å²) in [6.07, 6.45) is 1.89. The normalized spacial score (nSPS) is 16.6. The van der Waals surface area contributed by atoms with Crippen molar-refractivity contribution < 1.29 is 9.53 Å². The number of hydrogen-bond acceptors (Lipinski definition) is 3. The van der Waals surface area contributed by atoms with Gasteiger partial charge in [-0.1, -0.05) is 13.3 Å². The SMILES string of the molecule is CCCCOC(=O)N1CCSC1. The highest BCUT2D eigenvalue weighted by Gasteiger charge is 2.18. The van der Waals surface area contributed by atoms with Crippen LogP contribution in [0.2, 0.25) is 0 Å². The molecule has 0 aliphatic carbocycles. The number of carbonyl (C=O) groups is 1. The molecule has 0 radical (unpaired) electrons. The van der Waals surface area contributed by atoms with Gasteiger partial charge in [-0.3, -0.25) is 4.90 Å². The van der Waals surface area contributed by atoms with Crippen LogP contribution in [0, 0.1) is 0 Å². The van der Waals surface area contributed by atoms with Crippen LogP contribution in [0.1, 0.15) is 19.8 Å². The van der Waals surface area contributed by atoms with Gasteiger partial charge >= 0.3 is 6.09 Å². The van der Waals surface area contributed by atoms with Gasteiger partial charge in [-0.25, -0.2) is 4.79 Å². The molecule has 0 unspecified atom stereocenters. The largest absolute Gasteiger partial charge is 0.449 e. The van der Waals surface area contributed by atoms with Gasteiger partial charge in [0.1, 0.15) is 0 Å². The Labute approximate surface area is 77.4 Å². The fourth-order valence-electron chi connectivity index (χ4n) is 0.953. The minimum Gasteiger partial charge on any atom is -0.449 e. The first-order valence-corrected chi connectivity index (χ1v) is 5.49. The van der Waals surface area contributed by atoms with Gasteiger partial charge in [0.2, 0.25) is 0 Å². The second-order valence-corrected chi connectivity index (χ2v) is 3.84. The molecule has 0 saturated carbocycles. The average Bonchev–Trinajstić information content (AvgIpc) is 2.56. The first-order chi connectivity index (χ1) is 5.84. The first-order valence-electron chi connectivity index (χ1n) is 4.34. The number of carbonyl (C=O) groups excluding carboxylic acids is 1. The number of thioether (sulfide) groups is 1.